The van der Waals surface area contributed by atoms with Crippen molar-refractivity contribution in [3.05, 3.63) is 77.6 Å². The van der Waals surface area contributed by atoms with Gasteiger partial charge < -0.3 is 14.2 Å². The van der Waals surface area contributed by atoms with E-state index in [1.165, 1.54) is 0 Å². The third-order valence-corrected chi connectivity index (χ3v) is 5.55. The fourth-order valence-electron chi connectivity index (χ4n) is 3.77. The van der Waals surface area contributed by atoms with Crippen LogP contribution in [0.2, 0.25) is 5.02 Å². The van der Waals surface area contributed by atoms with Gasteiger partial charge in [-0.05, 0) is 36.4 Å². The van der Waals surface area contributed by atoms with Gasteiger partial charge in [-0.1, -0.05) is 29.8 Å². The minimum Gasteiger partial charge on any atom is -0.463 e. The lowest BCUT2D eigenvalue weighted by molar-refractivity contribution is 0.0748. The van der Waals surface area contributed by atoms with Crippen molar-refractivity contribution in [2.75, 3.05) is 31.1 Å². The molecule has 1 amide bonds. The van der Waals surface area contributed by atoms with Gasteiger partial charge in [-0.25, -0.2) is 9.97 Å². The molecule has 150 valence electrons. The van der Waals surface area contributed by atoms with Gasteiger partial charge >= 0.3 is 0 Å². The number of amides is 1. The molecule has 30 heavy (non-hydrogen) atoms. The van der Waals surface area contributed by atoms with Crippen molar-refractivity contribution >= 4 is 34.2 Å². The molecule has 7 heteroatoms. The number of pyridine rings is 2. The molecule has 4 aromatic rings. The second kappa shape index (κ2) is 7.80. The van der Waals surface area contributed by atoms with Crippen molar-refractivity contribution < 1.29 is 9.21 Å². The third-order valence-electron chi connectivity index (χ3n) is 5.32. The normalized spacial score (nSPS) is 14.3. The number of nitrogens with zero attached hydrogens (tertiary/aromatic N) is 4. The predicted molar refractivity (Wildman–Crippen MR) is 117 cm³/mol. The van der Waals surface area contributed by atoms with E-state index in [-0.39, 0.29) is 5.91 Å². The molecule has 0 spiro atoms. The summed E-state index contributed by atoms with van der Waals surface area (Å²) < 4.78 is 5.51. The smallest absolute Gasteiger partial charge is 0.254 e. The summed E-state index contributed by atoms with van der Waals surface area (Å²) in [5, 5.41) is 1.46. The summed E-state index contributed by atoms with van der Waals surface area (Å²) >= 11 is 5.93. The zero-order chi connectivity index (χ0) is 20.5. The first-order valence-corrected chi connectivity index (χ1v) is 10.2. The number of anilines is 1. The van der Waals surface area contributed by atoms with Crippen molar-refractivity contribution in [3.63, 3.8) is 0 Å². The number of carbonyl (C=O) groups is 1. The van der Waals surface area contributed by atoms with E-state index in [0.717, 1.165) is 16.7 Å². The Bertz CT molecular complexity index is 1180. The molecule has 1 fully saturated rings. The van der Waals surface area contributed by atoms with Gasteiger partial charge in [0.15, 0.2) is 5.76 Å². The van der Waals surface area contributed by atoms with E-state index >= 15 is 0 Å². The second-order valence-corrected chi connectivity index (χ2v) is 7.60. The van der Waals surface area contributed by atoms with E-state index in [1.807, 2.05) is 59.5 Å². The van der Waals surface area contributed by atoms with E-state index in [0.29, 0.717) is 48.2 Å². The van der Waals surface area contributed by atoms with Crippen LogP contribution >= 0.6 is 11.6 Å². The number of halogens is 1. The SMILES string of the molecule is O=C(c1cc(-c2ccco2)nc2ccccc12)N1CCN(c2ccc(Cl)cn2)CC1. The van der Waals surface area contributed by atoms with Crippen LogP contribution in [0.25, 0.3) is 22.4 Å². The molecule has 6 nitrogen and oxygen atoms in total. The van der Waals surface area contributed by atoms with E-state index < -0.39 is 0 Å². The van der Waals surface area contributed by atoms with Crippen LogP contribution in [0, 0.1) is 0 Å². The van der Waals surface area contributed by atoms with Crippen LogP contribution in [-0.4, -0.2) is 47.0 Å². The summed E-state index contributed by atoms with van der Waals surface area (Å²) in [4.78, 5) is 26.5. The van der Waals surface area contributed by atoms with Gasteiger partial charge in [-0.15, -0.1) is 0 Å². The fraction of sp³-hybridized carbons (Fsp3) is 0.174. The maximum atomic E-state index is 13.4. The minimum absolute atomic E-state index is 0.00474. The monoisotopic (exact) mass is 418 g/mol. The van der Waals surface area contributed by atoms with E-state index in [9.17, 15) is 4.79 Å². The first-order valence-electron chi connectivity index (χ1n) is 9.78. The van der Waals surface area contributed by atoms with Crippen molar-refractivity contribution in [3.8, 4) is 11.5 Å². The van der Waals surface area contributed by atoms with Gasteiger partial charge in [0.1, 0.15) is 11.5 Å². The predicted octanol–water partition coefficient (Wildman–Crippen LogP) is 4.51. The number of carbonyl (C=O) groups excluding carboxylic acids is 1. The molecule has 1 aliphatic heterocycles. The van der Waals surface area contributed by atoms with Crippen LogP contribution in [0.3, 0.4) is 0 Å². The molecule has 1 aromatic carbocycles. The van der Waals surface area contributed by atoms with Gasteiger partial charge in [0, 0.05) is 37.8 Å². The van der Waals surface area contributed by atoms with Crippen LogP contribution in [0.4, 0.5) is 5.82 Å². The summed E-state index contributed by atoms with van der Waals surface area (Å²) in [5.41, 5.74) is 2.08. The Labute approximate surface area is 178 Å². The molecular weight excluding hydrogens is 400 g/mol. The lowest BCUT2D eigenvalue weighted by Crippen LogP contribution is -2.49. The zero-order valence-electron chi connectivity index (χ0n) is 16.2. The lowest BCUT2D eigenvalue weighted by atomic mass is 10.0. The summed E-state index contributed by atoms with van der Waals surface area (Å²) in [7, 11) is 0. The largest absolute Gasteiger partial charge is 0.463 e. The maximum absolute atomic E-state index is 13.4. The van der Waals surface area contributed by atoms with Crippen LogP contribution in [-0.2, 0) is 0 Å². The number of para-hydroxylation sites is 1. The number of hydrogen-bond acceptors (Lipinski definition) is 5. The van der Waals surface area contributed by atoms with Crippen LogP contribution in [0.5, 0.6) is 0 Å². The molecule has 0 aliphatic carbocycles. The number of rotatable bonds is 3. The fourth-order valence-corrected chi connectivity index (χ4v) is 3.88. The van der Waals surface area contributed by atoms with Crippen LogP contribution in [0.15, 0.2) is 71.5 Å². The topological polar surface area (TPSA) is 62.5 Å². The van der Waals surface area contributed by atoms with Crippen molar-refractivity contribution in [1.29, 1.82) is 0 Å². The zero-order valence-corrected chi connectivity index (χ0v) is 16.9. The first kappa shape index (κ1) is 18.6. The van der Waals surface area contributed by atoms with Crippen molar-refractivity contribution in [1.82, 2.24) is 14.9 Å². The Morgan fingerprint density at radius 3 is 2.57 bits per heavy atom. The number of benzene rings is 1. The Morgan fingerprint density at radius 1 is 1.00 bits per heavy atom. The highest BCUT2D eigenvalue weighted by molar-refractivity contribution is 6.30. The lowest BCUT2D eigenvalue weighted by Gasteiger charge is -2.35. The first-order chi connectivity index (χ1) is 14.7. The number of aromatic nitrogens is 2. The molecule has 3 aromatic heterocycles. The highest BCUT2D eigenvalue weighted by Crippen LogP contribution is 2.27. The molecule has 1 aliphatic rings. The maximum Gasteiger partial charge on any atom is 0.254 e. The Kier molecular flexibility index (Phi) is 4.85. The summed E-state index contributed by atoms with van der Waals surface area (Å²) in [5.74, 6) is 1.53. The van der Waals surface area contributed by atoms with Gasteiger partial charge in [0.2, 0.25) is 0 Å². The number of fused-ring (bicyclic) bond motifs is 1. The minimum atomic E-state index is 0.00474. The van der Waals surface area contributed by atoms with Crippen LogP contribution < -0.4 is 4.90 Å². The average molecular weight is 419 g/mol. The molecule has 0 atom stereocenters. The molecule has 5 rings (SSSR count). The summed E-state index contributed by atoms with van der Waals surface area (Å²) in [6.45, 7) is 2.68. The number of piperazine rings is 1. The molecule has 0 saturated carbocycles. The van der Waals surface area contributed by atoms with E-state index in [4.69, 9.17) is 16.0 Å². The van der Waals surface area contributed by atoms with E-state index in [1.54, 1.807) is 12.5 Å². The van der Waals surface area contributed by atoms with Gasteiger partial charge in [0.05, 0.1) is 22.4 Å². The summed E-state index contributed by atoms with van der Waals surface area (Å²) in [6, 6.07) is 17.0. The van der Waals surface area contributed by atoms with Gasteiger partial charge in [-0.3, -0.25) is 4.79 Å². The highest BCUT2D eigenvalue weighted by atomic mass is 35.5. The second-order valence-electron chi connectivity index (χ2n) is 7.16. The van der Waals surface area contributed by atoms with E-state index in [2.05, 4.69) is 14.9 Å². The molecule has 0 radical (unpaired) electrons. The van der Waals surface area contributed by atoms with Crippen LogP contribution in [0.1, 0.15) is 10.4 Å². The molecule has 0 N–H and O–H groups in total. The van der Waals surface area contributed by atoms with Gasteiger partial charge in [0.25, 0.3) is 5.91 Å². The Morgan fingerprint density at radius 2 is 1.83 bits per heavy atom. The van der Waals surface area contributed by atoms with Gasteiger partial charge in [-0.2, -0.15) is 0 Å². The number of hydrogen-bond donors (Lipinski definition) is 0. The molecule has 0 bridgehead atoms. The Hall–Kier alpha value is -3.38. The molecule has 4 heterocycles. The summed E-state index contributed by atoms with van der Waals surface area (Å²) in [6.07, 6.45) is 3.26. The quantitative estimate of drug-likeness (QED) is 0.490. The highest BCUT2D eigenvalue weighted by Gasteiger charge is 2.25. The van der Waals surface area contributed by atoms with Crippen molar-refractivity contribution in [2.24, 2.45) is 0 Å². The molecular formula is C23H19ClN4O2. The third kappa shape index (κ3) is 3.50. The number of furan rings is 1. The Balaban J connectivity index is 1.42. The average Bonchev–Trinajstić information content (AvgIpc) is 3.34. The molecule has 0 unspecified atom stereocenters. The van der Waals surface area contributed by atoms with Crippen molar-refractivity contribution in [2.45, 2.75) is 0 Å². The standard InChI is InChI=1S/C23H19ClN4O2/c24-16-7-8-22(25-15-16)27-9-11-28(12-10-27)23(29)18-14-20(21-6-3-13-30-21)26-19-5-2-1-4-17(18)19/h1-8,13-15H,9-12H2. The molecule has 1 saturated heterocycles.